The van der Waals surface area contributed by atoms with Gasteiger partial charge in [0.05, 0.1) is 18.0 Å². The molecule has 1 N–H and O–H groups in total. The van der Waals surface area contributed by atoms with Crippen molar-refractivity contribution in [3.8, 4) is 11.5 Å². The average Bonchev–Trinajstić information content (AvgIpc) is 3.02. The third kappa shape index (κ3) is 6.51. The van der Waals surface area contributed by atoms with Crippen LogP contribution in [0.5, 0.6) is 11.5 Å². The van der Waals surface area contributed by atoms with E-state index >= 15 is 0 Å². The van der Waals surface area contributed by atoms with Gasteiger partial charge in [0, 0.05) is 23.2 Å². The molecule has 1 aromatic heterocycles. The Hall–Kier alpha value is -2.13. The van der Waals surface area contributed by atoms with Crippen LogP contribution in [0.3, 0.4) is 0 Å². The highest BCUT2D eigenvalue weighted by Crippen LogP contribution is 2.32. The third-order valence-corrected chi connectivity index (χ3v) is 4.67. The predicted molar refractivity (Wildman–Crippen MR) is 99.0 cm³/mol. The van der Waals surface area contributed by atoms with Gasteiger partial charge in [-0.2, -0.15) is 13.2 Å². The monoisotopic (exact) mass is 422 g/mol. The minimum Gasteiger partial charge on any atom is -0.493 e. The average molecular weight is 423 g/mol. The van der Waals surface area contributed by atoms with E-state index in [1.54, 1.807) is 11.0 Å². The number of nitrogens with one attached hydrogen (secondary N) is 1. The van der Waals surface area contributed by atoms with Crippen LogP contribution in [-0.2, 0) is 6.54 Å². The van der Waals surface area contributed by atoms with Crippen LogP contribution in [0.15, 0.2) is 30.3 Å². The Kier molecular flexibility index (Phi) is 7.20. The Morgan fingerprint density at radius 2 is 2.00 bits per heavy atom. The molecule has 2 amide bonds. The van der Waals surface area contributed by atoms with Gasteiger partial charge in [0.15, 0.2) is 18.1 Å². The number of thiophene rings is 1. The number of benzene rings is 1. The van der Waals surface area contributed by atoms with Gasteiger partial charge >= 0.3 is 12.2 Å². The second-order valence-corrected chi connectivity index (χ2v) is 7.22. The van der Waals surface area contributed by atoms with Gasteiger partial charge in [-0.3, -0.25) is 0 Å². The van der Waals surface area contributed by atoms with Crippen LogP contribution in [-0.4, -0.2) is 37.4 Å². The summed E-state index contributed by atoms with van der Waals surface area (Å²) in [5.74, 6) is 0.0264. The lowest BCUT2D eigenvalue weighted by atomic mass is 10.2. The number of nitrogens with zero attached hydrogens (tertiary/aromatic N) is 1. The molecule has 27 heavy (non-hydrogen) atoms. The van der Waals surface area contributed by atoms with Crippen molar-refractivity contribution in [2.75, 3.05) is 25.6 Å². The fraction of sp³-hybridized carbons (Fsp3) is 0.353. The summed E-state index contributed by atoms with van der Waals surface area (Å²) in [4.78, 5) is 14.9. The Bertz CT molecular complexity index is 783. The number of urea groups is 1. The second kappa shape index (κ2) is 9.18. The van der Waals surface area contributed by atoms with Gasteiger partial charge in [-0.05, 0) is 31.2 Å². The first-order chi connectivity index (χ1) is 12.7. The highest BCUT2D eigenvalue weighted by atomic mass is 35.5. The Balaban J connectivity index is 2.08. The van der Waals surface area contributed by atoms with E-state index in [0.717, 1.165) is 4.88 Å². The molecule has 0 aliphatic heterocycles. The summed E-state index contributed by atoms with van der Waals surface area (Å²) >= 11 is 7.27. The third-order valence-electron chi connectivity index (χ3n) is 3.45. The molecule has 5 nitrogen and oxygen atoms in total. The SMILES string of the molecule is CCN(Cc1ccc(Cl)s1)C(=O)Nc1ccc(OC)c(OCC(F)(F)F)c1. The number of methoxy groups -OCH3 is 1. The van der Waals surface area contributed by atoms with Crippen molar-refractivity contribution in [1.82, 2.24) is 4.90 Å². The number of ether oxygens (including phenoxy) is 2. The van der Waals surface area contributed by atoms with Crippen LogP contribution < -0.4 is 14.8 Å². The molecule has 0 radical (unpaired) electrons. The van der Waals surface area contributed by atoms with Crippen molar-refractivity contribution in [3.05, 3.63) is 39.5 Å². The van der Waals surface area contributed by atoms with Gasteiger partial charge < -0.3 is 19.7 Å². The molecule has 10 heteroatoms. The van der Waals surface area contributed by atoms with Crippen LogP contribution in [0.2, 0.25) is 4.34 Å². The Morgan fingerprint density at radius 3 is 2.56 bits per heavy atom. The fourth-order valence-corrected chi connectivity index (χ4v) is 3.28. The van der Waals surface area contributed by atoms with Crippen molar-refractivity contribution >= 4 is 34.7 Å². The molecule has 0 unspecified atom stereocenters. The first kappa shape index (κ1) is 21.2. The molecule has 0 aliphatic carbocycles. The maximum absolute atomic E-state index is 12.5. The molecule has 148 valence electrons. The zero-order valence-electron chi connectivity index (χ0n) is 14.6. The molecular weight excluding hydrogens is 405 g/mol. The molecule has 1 aromatic carbocycles. The van der Waals surface area contributed by atoms with Gasteiger partial charge in [0.2, 0.25) is 0 Å². The largest absolute Gasteiger partial charge is 0.493 e. The van der Waals surface area contributed by atoms with Crippen molar-refractivity contribution < 1.29 is 27.4 Å². The summed E-state index contributed by atoms with van der Waals surface area (Å²) in [7, 11) is 1.32. The maximum atomic E-state index is 12.5. The minimum atomic E-state index is -4.48. The fourth-order valence-electron chi connectivity index (χ4n) is 2.18. The van der Waals surface area contributed by atoms with E-state index < -0.39 is 18.8 Å². The number of hydrogen-bond donors (Lipinski definition) is 1. The molecule has 0 aliphatic rings. The lowest BCUT2D eigenvalue weighted by Gasteiger charge is -2.21. The number of alkyl halides is 3. The molecular formula is C17H18ClF3N2O3S. The molecule has 0 spiro atoms. The van der Waals surface area contributed by atoms with E-state index in [2.05, 4.69) is 5.32 Å². The normalized spacial score (nSPS) is 11.2. The summed E-state index contributed by atoms with van der Waals surface area (Å²) in [6.45, 7) is 1.17. The zero-order valence-corrected chi connectivity index (χ0v) is 16.2. The standard InChI is InChI=1S/C17H18ClF3N2O3S/c1-3-23(9-12-5-7-15(18)27-12)16(24)22-11-4-6-13(25-2)14(8-11)26-10-17(19,20)21/h4-8H,3,9-10H2,1-2H3,(H,22,24). The highest BCUT2D eigenvalue weighted by molar-refractivity contribution is 7.16. The summed E-state index contributed by atoms with van der Waals surface area (Å²) in [6.07, 6.45) is -4.48. The maximum Gasteiger partial charge on any atom is 0.422 e. The van der Waals surface area contributed by atoms with E-state index in [9.17, 15) is 18.0 Å². The predicted octanol–water partition coefficient (Wildman–Crippen LogP) is 5.41. The van der Waals surface area contributed by atoms with Crippen LogP contribution >= 0.6 is 22.9 Å². The Morgan fingerprint density at radius 1 is 1.26 bits per heavy atom. The van der Waals surface area contributed by atoms with Gasteiger partial charge in [0.1, 0.15) is 0 Å². The summed E-state index contributed by atoms with van der Waals surface area (Å²) in [5.41, 5.74) is 0.292. The number of halogens is 4. The van der Waals surface area contributed by atoms with E-state index in [0.29, 0.717) is 23.1 Å². The van der Waals surface area contributed by atoms with Gasteiger partial charge in [-0.15, -0.1) is 11.3 Å². The van der Waals surface area contributed by atoms with Crippen LogP contribution in [0.25, 0.3) is 0 Å². The van der Waals surface area contributed by atoms with E-state index in [-0.39, 0.29) is 11.5 Å². The number of anilines is 1. The van der Waals surface area contributed by atoms with Gasteiger partial charge in [-0.25, -0.2) is 4.79 Å². The number of carbonyl (C=O) groups excluding carboxylic acids is 1. The smallest absolute Gasteiger partial charge is 0.422 e. The molecule has 2 rings (SSSR count). The molecule has 0 saturated heterocycles. The topological polar surface area (TPSA) is 50.8 Å². The number of hydrogen-bond acceptors (Lipinski definition) is 4. The molecule has 0 saturated carbocycles. The second-order valence-electron chi connectivity index (χ2n) is 5.42. The van der Waals surface area contributed by atoms with Crippen molar-refractivity contribution in [2.45, 2.75) is 19.6 Å². The number of rotatable bonds is 7. The molecule has 1 heterocycles. The van der Waals surface area contributed by atoms with Gasteiger partial charge in [0.25, 0.3) is 0 Å². The summed E-state index contributed by atoms with van der Waals surface area (Å²) < 4.78 is 47.6. The highest BCUT2D eigenvalue weighted by Gasteiger charge is 2.29. The molecule has 0 bridgehead atoms. The van der Waals surface area contributed by atoms with E-state index in [4.69, 9.17) is 21.1 Å². The lowest BCUT2D eigenvalue weighted by molar-refractivity contribution is -0.153. The molecule has 2 aromatic rings. The number of carbonyl (C=O) groups is 1. The molecule has 0 atom stereocenters. The van der Waals surface area contributed by atoms with Gasteiger partial charge in [-0.1, -0.05) is 11.6 Å². The number of amides is 2. The van der Waals surface area contributed by atoms with Crippen molar-refractivity contribution in [2.24, 2.45) is 0 Å². The van der Waals surface area contributed by atoms with Crippen LogP contribution in [0.4, 0.5) is 23.7 Å². The molecule has 0 fully saturated rings. The van der Waals surface area contributed by atoms with Crippen molar-refractivity contribution in [3.63, 3.8) is 0 Å². The van der Waals surface area contributed by atoms with Crippen molar-refractivity contribution in [1.29, 1.82) is 0 Å². The first-order valence-electron chi connectivity index (χ1n) is 7.89. The summed E-state index contributed by atoms with van der Waals surface area (Å²) in [5, 5.41) is 2.65. The first-order valence-corrected chi connectivity index (χ1v) is 9.09. The Labute approximate surface area is 163 Å². The quantitative estimate of drug-likeness (QED) is 0.649. The lowest BCUT2D eigenvalue weighted by Crippen LogP contribution is -2.34. The van der Waals surface area contributed by atoms with E-state index in [1.807, 2.05) is 13.0 Å². The summed E-state index contributed by atoms with van der Waals surface area (Å²) in [6, 6.07) is 7.43. The van der Waals surface area contributed by atoms with Crippen LogP contribution in [0, 0.1) is 0 Å². The van der Waals surface area contributed by atoms with E-state index in [1.165, 1.54) is 36.6 Å². The zero-order chi connectivity index (χ0) is 20.0. The minimum absolute atomic E-state index is 0.110. The van der Waals surface area contributed by atoms with Crippen LogP contribution in [0.1, 0.15) is 11.8 Å².